The van der Waals surface area contributed by atoms with Crippen molar-refractivity contribution in [2.75, 3.05) is 4.90 Å². The summed E-state index contributed by atoms with van der Waals surface area (Å²) in [6, 6.07) is 48.4. The lowest BCUT2D eigenvalue weighted by Crippen LogP contribution is -2.07. The summed E-state index contributed by atoms with van der Waals surface area (Å²) < 4.78 is 0. The van der Waals surface area contributed by atoms with E-state index >= 15 is 0 Å². The molecule has 0 fully saturated rings. The van der Waals surface area contributed by atoms with Crippen LogP contribution in [0.25, 0.3) is 17.2 Å². The Morgan fingerprint density at radius 3 is 1.35 bits per heavy atom. The summed E-state index contributed by atoms with van der Waals surface area (Å²) in [5.74, 6) is 0. The zero-order valence-electron chi connectivity index (χ0n) is 19.1. The Kier molecular flexibility index (Phi) is 6.64. The summed E-state index contributed by atoms with van der Waals surface area (Å²) >= 11 is 0. The predicted molar refractivity (Wildman–Crippen MR) is 145 cm³/mol. The molecule has 164 valence electrons. The molecule has 1 aliphatic carbocycles. The Labute approximate surface area is 202 Å². The van der Waals surface area contributed by atoms with Crippen LogP contribution >= 0.6 is 0 Å². The van der Waals surface area contributed by atoms with Gasteiger partial charge in [-0.25, -0.2) is 0 Å². The largest absolute Gasteiger partial charge is 0.317 e. The van der Waals surface area contributed by atoms with Crippen LogP contribution in [-0.2, 0) is 6.42 Å². The SMILES string of the molecule is C(=CN(c1ccccc1)c1ccccc1)c1ccccc1.c1ccc2c(c1)Cc1ccccc1-2. The van der Waals surface area contributed by atoms with Gasteiger partial charge < -0.3 is 4.90 Å². The second-order valence-corrected chi connectivity index (χ2v) is 8.26. The molecular formula is C33H27N. The molecule has 0 saturated carbocycles. The molecule has 0 amide bonds. The Morgan fingerprint density at radius 1 is 0.441 bits per heavy atom. The van der Waals surface area contributed by atoms with Crippen molar-refractivity contribution in [3.63, 3.8) is 0 Å². The van der Waals surface area contributed by atoms with Crippen molar-refractivity contribution in [3.05, 3.63) is 162 Å². The summed E-state index contributed by atoms with van der Waals surface area (Å²) in [6.45, 7) is 0. The molecule has 0 unspecified atom stereocenters. The molecule has 0 N–H and O–H groups in total. The van der Waals surface area contributed by atoms with E-state index in [1.165, 1.54) is 27.8 Å². The van der Waals surface area contributed by atoms with Gasteiger partial charge in [0.1, 0.15) is 0 Å². The molecule has 0 spiro atoms. The summed E-state index contributed by atoms with van der Waals surface area (Å²) in [5.41, 5.74) is 9.24. The lowest BCUT2D eigenvalue weighted by Gasteiger charge is -2.20. The highest BCUT2D eigenvalue weighted by atomic mass is 15.1. The molecule has 0 atom stereocenters. The summed E-state index contributed by atoms with van der Waals surface area (Å²) in [4.78, 5) is 2.19. The van der Waals surface area contributed by atoms with Gasteiger partial charge >= 0.3 is 0 Å². The van der Waals surface area contributed by atoms with Crippen LogP contribution in [0.1, 0.15) is 16.7 Å². The molecule has 5 aromatic rings. The fraction of sp³-hybridized carbons (Fsp3) is 0.0303. The molecule has 6 rings (SSSR count). The van der Waals surface area contributed by atoms with Crippen LogP contribution in [0.4, 0.5) is 11.4 Å². The zero-order chi connectivity index (χ0) is 23.0. The van der Waals surface area contributed by atoms with Crippen molar-refractivity contribution in [1.29, 1.82) is 0 Å². The maximum absolute atomic E-state index is 2.22. The average Bonchev–Trinajstić information content (AvgIpc) is 3.30. The Morgan fingerprint density at radius 2 is 0.853 bits per heavy atom. The van der Waals surface area contributed by atoms with Crippen molar-refractivity contribution >= 4 is 17.5 Å². The zero-order valence-corrected chi connectivity index (χ0v) is 19.1. The molecule has 0 aliphatic heterocycles. The first-order chi connectivity index (χ1) is 16.9. The van der Waals surface area contributed by atoms with Gasteiger partial charge in [0.25, 0.3) is 0 Å². The van der Waals surface area contributed by atoms with Gasteiger partial charge in [-0.1, -0.05) is 115 Å². The molecule has 5 aromatic carbocycles. The fourth-order valence-electron chi connectivity index (χ4n) is 4.30. The summed E-state index contributed by atoms with van der Waals surface area (Å²) in [6.07, 6.45) is 5.34. The smallest absolute Gasteiger partial charge is 0.0455 e. The van der Waals surface area contributed by atoms with E-state index in [4.69, 9.17) is 0 Å². The molecule has 1 nitrogen and oxygen atoms in total. The number of fused-ring (bicyclic) bond motifs is 3. The first-order valence-electron chi connectivity index (χ1n) is 11.7. The highest BCUT2D eigenvalue weighted by molar-refractivity contribution is 5.76. The second kappa shape index (κ2) is 10.5. The minimum atomic E-state index is 1.10. The number of nitrogens with zero attached hydrogens (tertiary/aromatic N) is 1. The maximum Gasteiger partial charge on any atom is 0.0455 e. The van der Waals surface area contributed by atoms with Gasteiger partial charge in [0.2, 0.25) is 0 Å². The van der Waals surface area contributed by atoms with E-state index in [1.807, 2.05) is 18.2 Å². The van der Waals surface area contributed by atoms with Gasteiger partial charge in [-0.05, 0) is 64.6 Å². The monoisotopic (exact) mass is 437 g/mol. The highest BCUT2D eigenvalue weighted by Crippen LogP contribution is 2.35. The van der Waals surface area contributed by atoms with E-state index in [9.17, 15) is 0 Å². The molecule has 0 heterocycles. The number of hydrogen-bond acceptors (Lipinski definition) is 1. The predicted octanol–water partition coefficient (Wildman–Crippen LogP) is 8.75. The van der Waals surface area contributed by atoms with Crippen molar-refractivity contribution in [2.45, 2.75) is 6.42 Å². The number of hydrogen-bond donors (Lipinski definition) is 0. The molecule has 0 bridgehead atoms. The molecule has 34 heavy (non-hydrogen) atoms. The maximum atomic E-state index is 2.22. The Hall–Kier alpha value is -4.36. The van der Waals surface area contributed by atoms with Crippen LogP contribution in [0, 0.1) is 0 Å². The van der Waals surface area contributed by atoms with Crippen LogP contribution in [0.5, 0.6) is 0 Å². The van der Waals surface area contributed by atoms with E-state index in [1.54, 1.807) is 0 Å². The van der Waals surface area contributed by atoms with Crippen LogP contribution in [-0.4, -0.2) is 0 Å². The third-order valence-electron chi connectivity index (χ3n) is 5.99. The Bertz CT molecular complexity index is 1270. The molecule has 0 radical (unpaired) electrons. The first kappa shape index (κ1) is 21.5. The summed E-state index contributed by atoms with van der Waals surface area (Å²) in [7, 11) is 0. The van der Waals surface area contributed by atoms with Gasteiger partial charge in [-0.15, -0.1) is 0 Å². The number of para-hydroxylation sites is 2. The first-order valence-corrected chi connectivity index (χ1v) is 11.7. The third-order valence-corrected chi connectivity index (χ3v) is 5.99. The second-order valence-electron chi connectivity index (χ2n) is 8.26. The van der Waals surface area contributed by atoms with Crippen LogP contribution < -0.4 is 4.90 Å². The molecular weight excluding hydrogens is 410 g/mol. The Balaban J connectivity index is 0.000000157. The van der Waals surface area contributed by atoms with Crippen LogP contribution in [0.15, 0.2) is 146 Å². The standard InChI is InChI=1S/C20H17N.C13H10/c1-4-10-18(11-5-1)16-17-21(19-12-6-2-7-13-19)20-14-8-3-9-15-20;1-3-7-12-10(5-1)9-11-6-2-4-8-13(11)12/h1-17H;1-8H,9H2. The molecule has 0 saturated heterocycles. The fourth-order valence-corrected chi connectivity index (χ4v) is 4.30. The molecule has 1 heteroatoms. The normalized spacial score (nSPS) is 11.3. The van der Waals surface area contributed by atoms with Gasteiger partial charge in [0, 0.05) is 17.6 Å². The van der Waals surface area contributed by atoms with Gasteiger partial charge in [0.05, 0.1) is 0 Å². The van der Waals surface area contributed by atoms with Crippen LogP contribution in [0.3, 0.4) is 0 Å². The quantitative estimate of drug-likeness (QED) is 0.266. The van der Waals surface area contributed by atoms with E-state index in [0.717, 1.165) is 17.8 Å². The van der Waals surface area contributed by atoms with Gasteiger partial charge in [0.15, 0.2) is 0 Å². The lowest BCUT2D eigenvalue weighted by molar-refractivity contribution is 1.26. The van der Waals surface area contributed by atoms with E-state index in [2.05, 4.69) is 139 Å². The van der Waals surface area contributed by atoms with E-state index in [0.29, 0.717) is 0 Å². The van der Waals surface area contributed by atoms with Crippen molar-refractivity contribution < 1.29 is 0 Å². The van der Waals surface area contributed by atoms with Crippen molar-refractivity contribution in [3.8, 4) is 11.1 Å². The van der Waals surface area contributed by atoms with E-state index in [-0.39, 0.29) is 0 Å². The number of benzene rings is 5. The lowest BCUT2D eigenvalue weighted by atomic mass is 10.1. The van der Waals surface area contributed by atoms with Crippen LogP contribution in [0.2, 0.25) is 0 Å². The van der Waals surface area contributed by atoms with Gasteiger partial charge in [-0.3, -0.25) is 0 Å². The summed E-state index contributed by atoms with van der Waals surface area (Å²) in [5, 5.41) is 0. The minimum absolute atomic E-state index is 1.10. The topological polar surface area (TPSA) is 3.24 Å². The van der Waals surface area contributed by atoms with Gasteiger partial charge in [-0.2, -0.15) is 0 Å². The number of rotatable bonds is 4. The molecule has 0 aromatic heterocycles. The molecule has 1 aliphatic rings. The van der Waals surface area contributed by atoms with Crippen molar-refractivity contribution in [2.24, 2.45) is 0 Å². The average molecular weight is 438 g/mol. The minimum Gasteiger partial charge on any atom is -0.317 e. The van der Waals surface area contributed by atoms with E-state index < -0.39 is 0 Å². The highest BCUT2D eigenvalue weighted by Gasteiger charge is 2.15. The third kappa shape index (κ3) is 5.00. The number of anilines is 2. The van der Waals surface area contributed by atoms with Crippen molar-refractivity contribution in [1.82, 2.24) is 0 Å².